The number of amides is 1. The van der Waals surface area contributed by atoms with Crippen LogP contribution in [0.2, 0.25) is 0 Å². The molecule has 0 radical (unpaired) electrons. The van der Waals surface area contributed by atoms with E-state index in [1.165, 1.54) is 0 Å². The Morgan fingerprint density at radius 1 is 1.31 bits per heavy atom. The van der Waals surface area contributed by atoms with E-state index in [1.54, 1.807) is 0 Å². The summed E-state index contributed by atoms with van der Waals surface area (Å²) in [5.74, 6) is 0.180. The van der Waals surface area contributed by atoms with Crippen molar-refractivity contribution in [2.24, 2.45) is 11.1 Å². The molecule has 2 N–H and O–H groups in total. The summed E-state index contributed by atoms with van der Waals surface area (Å²) in [7, 11) is 0. The third-order valence-corrected chi connectivity index (χ3v) is 3.29. The van der Waals surface area contributed by atoms with Gasteiger partial charge in [-0.25, -0.2) is 0 Å². The molecule has 0 heterocycles. The number of carbonyl (C=O) groups excluding carboxylic acids is 1. The van der Waals surface area contributed by atoms with Gasteiger partial charge in [-0.1, -0.05) is 27.7 Å². The molecule has 0 aromatic carbocycles. The molecule has 0 aliphatic rings. The van der Waals surface area contributed by atoms with Gasteiger partial charge in [0.05, 0.1) is 0 Å². The van der Waals surface area contributed by atoms with Gasteiger partial charge in [0.25, 0.3) is 0 Å². The topological polar surface area (TPSA) is 46.3 Å². The summed E-state index contributed by atoms with van der Waals surface area (Å²) in [6.45, 7) is 13.2. The lowest BCUT2D eigenvalue weighted by Crippen LogP contribution is -2.44. The SMILES string of the molecule is CCC(C)N(CC)C(=O)CC(N)C(C)(C)C. The number of nitrogens with two attached hydrogens (primary N) is 1. The molecule has 0 aliphatic carbocycles. The monoisotopic (exact) mass is 228 g/mol. The second-order valence-electron chi connectivity index (χ2n) is 5.61. The first-order valence-electron chi connectivity index (χ1n) is 6.29. The first-order valence-corrected chi connectivity index (χ1v) is 6.29. The first-order chi connectivity index (χ1) is 7.23. The molecule has 0 fully saturated rings. The third kappa shape index (κ3) is 4.52. The zero-order valence-electron chi connectivity index (χ0n) is 11.7. The van der Waals surface area contributed by atoms with Gasteiger partial charge < -0.3 is 10.6 Å². The van der Waals surface area contributed by atoms with Crippen LogP contribution in [0.3, 0.4) is 0 Å². The van der Waals surface area contributed by atoms with Crippen molar-refractivity contribution in [3.8, 4) is 0 Å². The lowest BCUT2D eigenvalue weighted by molar-refractivity contribution is -0.134. The van der Waals surface area contributed by atoms with Crippen molar-refractivity contribution in [3.63, 3.8) is 0 Å². The van der Waals surface area contributed by atoms with Crippen molar-refractivity contribution in [2.45, 2.75) is 66.5 Å². The fourth-order valence-corrected chi connectivity index (χ4v) is 1.57. The molecule has 0 bridgehead atoms. The predicted octanol–water partition coefficient (Wildman–Crippen LogP) is 2.40. The van der Waals surface area contributed by atoms with Gasteiger partial charge in [-0.15, -0.1) is 0 Å². The highest BCUT2D eigenvalue weighted by molar-refractivity contribution is 5.77. The molecule has 1 amide bonds. The van der Waals surface area contributed by atoms with Crippen LogP contribution in [0.5, 0.6) is 0 Å². The maximum atomic E-state index is 12.1. The Kier molecular flexibility index (Phi) is 6.01. The van der Waals surface area contributed by atoms with Crippen LogP contribution >= 0.6 is 0 Å². The van der Waals surface area contributed by atoms with Crippen molar-refractivity contribution < 1.29 is 4.79 Å². The van der Waals surface area contributed by atoms with Gasteiger partial charge >= 0.3 is 0 Å². The van der Waals surface area contributed by atoms with E-state index < -0.39 is 0 Å². The zero-order valence-corrected chi connectivity index (χ0v) is 11.7. The van der Waals surface area contributed by atoms with E-state index >= 15 is 0 Å². The third-order valence-electron chi connectivity index (χ3n) is 3.29. The highest BCUT2D eigenvalue weighted by Crippen LogP contribution is 2.21. The zero-order chi connectivity index (χ0) is 12.9. The fraction of sp³-hybridized carbons (Fsp3) is 0.923. The van der Waals surface area contributed by atoms with Crippen LogP contribution in [0.25, 0.3) is 0 Å². The van der Waals surface area contributed by atoms with E-state index in [-0.39, 0.29) is 17.4 Å². The first kappa shape index (κ1) is 15.4. The summed E-state index contributed by atoms with van der Waals surface area (Å²) in [4.78, 5) is 14.0. The van der Waals surface area contributed by atoms with Crippen LogP contribution in [0.15, 0.2) is 0 Å². The standard InChI is InChI=1S/C13H28N2O/c1-7-10(3)15(8-2)12(16)9-11(14)13(4,5)6/h10-11H,7-9,14H2,1-6H3. The average molecular weight is 228 g/mol. The smallest absolute Gasteiger partial charge is 0.224 e. The molecule has 2 unspecified atom stereocenters. The van der Waals surface area contributed by atoms with Gasteiger partial charge in [0.1, 0.15) is 0 Å². The Morgan fingerprint density at radius 2 is 1.81 bits per heavy atom. The van der Waals surface area contributed by atoms with Crippen LogP contribution in [-0.2, 0) is 4.79 Å². The molecule has 0 aliphatic heterocycles. The summed E-state index contributed by atoms with van der Waals surface area (Å²) in [6.07, 6.45) is 1.44. The van der Waals surface area contributed by atoms with Crippen molar-refractivity contribution in [3.05, 3.63) is 0 Å². The Hall–Kier alpha value is -0.570. The molecule has 0 aromatic rings. The van der Waals surface area contributed by atoms with Crippen molar-refractivity contribution in [1.29, 1.82) is 0 Å². The van der Waals surface area contributed by atoms with E-state index in [0.29, 0.717) is 12.5 Å². The van der Waals surface area contributed by atoms with Gasteiger partial charge in [-0.05, 0) is 25.7 Å². The minimum atomic E-state index is -0.0712. The molecule has 2 atom stereocenters. The number of hydrogen-bond acceptors (Lipinski definition) is 2. The molecule has 0 saturated heterocycles. The number of nitrogens with zero attached hydrogens (tertiary/aromatic N) is 1. The van der Waals surface area contributed by atoms with Crippen LogP contribution in [0.1, 0.15) is 54.4 Å². The van der Waals surface area contributed by atoms with Crippen LogP contribution in [0.4, 0.5) is 0 Å². The Bertz CT molecular complexity index is 220. The fourth-order valence-electron chi connectivity index (χ4n) is 1.57. The summed E-state index contributed by atoms with van der Waals surface area (Å²) in [5, 5.41) is 0. The normalized spacial score (nSPS) is 15.7. The Labute approximate surface area is 100 Å². The largest absolute Gasteiger partial charge is 0.340 e. The van der Waals surface area contributed by atoms with Crippen LogP contribution in [-0.4, -0.2) is 29.4 Å². The van der Waals surface area contributed by atoms with E-state index in [1.807, 2.05) is 11.8 Å². The van der Waals surface area contributed by atoms with E-state index in [9.17, 15) is 4.79 Å². The predicted molar refractivity (Wildman–Crippen MR) is 69.2 cm³/mol. The van der Waals surface area contributed by atoms with Crippen LogP contribution < -0.4 is 5.73 Å². The van der Waals surface area contributed by atoms with Gasteiger partial charge in [-0.2, -0.15) is 0 Å². The van der Waals surface area contributed by atoms with Crippen molar-refractivity contribution >= 4 is 5.91 Å². The van der Waals surface area contributed by atoms with Gasteiger partial charge in [-0.3, -0.25) is 4.79 Å². The van der Waals surface area contributed by atoms with E-state index in [0.717, 1.165) is 13.0 Å². The minimum absolute atomic E-state index is 0.00940. The lowest BCUT2D eigenvalue weighted by Gasteiger charge is -2.32. The molecule has 3 heteroatoms. The molecule has 0 spiro atoms. The summed E-state index contributed by atoms with van der Waals surface area (Å²) in [5.41, 5.74) is 6.03. The second-order valence-corrected chi connectivity index (χ2v) is 5.61. The second kappa shape index (κ2) is 6.24. The maximum Gasteiger partial charge on any atom is 0.224 e. The maximum absolute atomic E-state index is 12.1. The van der Waals surface area contributed by atoms with Gasteiger partial charge in [0.15, 0.2) is 0 Å². The molecule has 0 aromatic heterocycles. The van der Waals surface area contributed by atoms with Crippen molar-refractivity contribution in [1.82, 2.24) is 4.90 Å². The molecule has 0 rings (SSSR count). The molecular formula is C13H28N2O. The minimum Gasteiger partial charge on any atom is -0.340 e. The highest BCUT2D eigenvalue weighted by Gasteiger charge is 2.26. The van der Waals surface area contributed by atoms with Gasteiger partial charge in [0.2, 0.25) is 5.91 Å². The quantitative estimate of drug-likeness (QED) is 0.785. The number of hydrogen-bond donors (Lipinski definition) is 1. The summed E-state index contributed by atoms with van der Waals surface area (Å²) in [6, 6.07) is 0.239. The summed E-state index contributed by atoms with van der Waals surface area (Å²) >= 11 is 0. The number of rotatable bonds is 5. The average Bonchev–Trinajstić information content (AvgIpc) is 2.16. The van der Waals surface area contributed by atoms with Crippen LogP contribution in [0, 0.1) is 5.41 Å². The lowest BCUT2D eigenvalue weighted by atomic mass is 9.85. The number of carbonyl (C=O) groups is 1. The highest BCUT2D eigenvalue weighted by atomic mass is 16.2. The molecule has 3 nitrogen and oxygen atoms in total. The Balaban J connectivity index is 4.44. The molecule has 16 heavy (non-hydrogen) atoms. The Morgan fingerprint density at radius 3 is 2.12 bits per heavy atom. The summed E-state index contributed by atoms with van der Waals surface area (Å²) < 4.78 is 0. The van der Waals surface area contributed by atoms with E-state index in [4.69, 9.17) is 5.73 Å². The molecule has 0 saturated carbocycles. The van der Waals surface area contributed by atoms with Crippen molar-refractivity contribution in [2.75, 3.05) is 6.54 Å². The molecular weight excluding hydrogens is 200 g/mol. The van der Waals surface area contributed by atoms with E-state index in [2.05, 4.69) is 34.6 Å². The van der Waals surface area contributed by atoms with Gasteiger partial charge in [0, 0.05) is 25.0 Å². The molecule has 96 valence electrons.